The smallest absolute Gasteiger partial charge is 0.306 e. The molecular formula is C16H27NO3. The van der Waals surface area contributed by atoms with Crippen molar-refractivity contribution in [2.75, 3.05) is 6.54 Å². The molecule has 0 radical (unpaired) electrons. The summed E-state index contributed by atoms with van der Waals surface area (Å²) < 4.78 is 0. The number of rotatable bonds is 4. The number of nitrogens with one attached hydrogen (secondary N) is 1. The van der Waals surface area contributed by atoms with Crippen LogP contribution in [0.1, 0.15) is 58.3 Å². The van der Waals surface area contributed by atoms with Gasteiger partial charge in [-0.1, -0.05) is 26.2 Å². The molecule has 0 aromatic heterocycles. The molecule has 2 aliphatic carbocycles. The van der Waals surface area contributed by atoms with E-state index in [-0.39, 0.29) is 17.7 Å². The Labute approximate surface area is 121 Å². The van der Waals surface area contributed by atoms with Crippen LogP contribution in [0.5, 0.6) is 0 Å². The van der Waals surface area contributed by atoms with E-state index in [9.17, 15) is 9.59 Å². The van der Waals surface area contributed by atoms with Crippen molar-refractivity contribution in [3.05, 3.63) is 0 Å². The second kappa shape index (κ2) is 7.09. The van der Waals surface area contributed by atoms with Crippen LogP contribution >= 0.6 is 0 Å². The van der Waals surface area contributed by atoms with Gasteiger partial charge in [-0.3, -0.25) is 9.59 Å². The monoisotopic (exact) mass is 281 g/mol. The summed E-state index contributed by atoms with van der Waals surface area (Å²) in [5, 5.41) is 12.1. The molecule has 0 aliphatic heterocycles. The summed E-state index contributed by atoms with van der Waals surface area (Å²) in [6.07, 6.45) is 7.90. The van der Waals surface area contributed by atoms with Crippen LogP contribution in [0.25, 0.3) is 0 Å². The minimum atomic E-state index is -0.747. The number of carboxylic acids is 1. The van der Waals surface area contributed by atoms with E-state index in [1.54, 1.807) is 0 Å². The first-order valence-corrected chi connectivity index (χ1v) is 8.06. The summed E-state index contributed by atoms with van der Waals surface area (Å²) in [5.41, 5.74) is 0. The Kier molecular flexibility index (Phi) is 5.44. The molecule has 0 spiro atoms. The molecule has 20 heavy (non-hydrogen) atoms. The zero-order valence-electron chi connectivity index (χ0n) is 12.4. The van der Waals surface area contributed by atoms with Crippen LogP contribution in [0.2, 0.25) is 0 Å². The van der Waals surface area contributed by atoms with E-state index in [1.165, 1.54) is 25.7 Å². The van der Waals surface area contributed by atoms with Crippen LogP contribution in [-0.4, -0.2) is 23.5 Å². The van der Waals surface area contributed by atoms with Gasteiger partial charge in [0.2, 0.25) is 5.91 Å². The molecule has 2 atom stereocenters. The van der Waals surface area contributed by atoms with Gasteiger partial charge in [0.05, 0.1) is 5.92 Å². The fraction of sp³-hybridized carbons (Fsp3) is 0.875. The number of hydrogen-bond acceptors (Lipinski definition) is 2. The molecule has 0 bridgehead atoms. The molecule has 0 aromatic rings. The van der Waals surface area contributed by atoms with E-state index in [4.69, 9.17) is 5.11 Å². The largest absolute Gasteiger partial charge is 0.481 e. The predicted octanol–water partition coefficient (Wildman–Crippen LogP) is 2.82. The van der Waals surface area contributed by atoms with Gasteiger partial charge < -0.3 is 10.4 Å². The van der Waals surface area contributed by atoms with Gasteiger partial charge in [-0.05, 0) is 43.9 Å². The summed E-state index contributed by atoms with van der Waals surface area (Å²) in [7, 11) is 0. The standard InChI is InChI=1S/C16H27NO3/c1-11-5-7-12(8-6-11)10-17-15(18)13-3-2-4-14(9-13)16(19)20/h11-14H,2-10H2,1H3,(H,17,18)(H,19,20). The second-order valence-corrected chi connectivity index (χ2v) is 6.77. The average Bonchev–Trinajstić information content (AvgIpc) is 2.46. The normalized spacial score (nSPS) is 34.5. The molecule has 4 heteroatoms. The molecule has 2 fully saturated rings. The maximum Gasteiger partial charge on any atom is 0.306 e. The first kappa shape index (κ1) is 15.3. The topological polar surface area (TPSA) is 66.4 Å². The van der Waals surface area contributed by atoms with Gasteiger partial charge in [0.15, 0.2) is 0 Å². The summed E-state index contributed by atoms with van der Waals surface area (Å²) in [6, 6.07) is 0. The molecule has 2 unspecified atom stereocenters. The van der Waals surface area contributed by atoms with Crippen molar-refractivity contribution in [1.82, 2.24) is 5.32 Å². The van der Waals surface area contributed by atoms with Gasteiger partial charge in [-0.2, -0.15) is 0 Å². The Morgan fingerprint density at radius 2 is 1.70 bits per heavy atom. The van der Waals surface area contributed by atoms with Crippen molar-refractivity contribution in [1.29, 1.82) is 0 Å². The van der Waals surface area contributed by atoms with E-state index < -0.39 is 5.97 Å². The lowest BCUT2D eigenvalue weighted by Crippen LogP contribution is -2.38. The highest BCUT2D eigenvalue weighted by atomic mass is 16.4. The zero-order valence-corrected chi connectivity index (χ0v) is 12.4. The first-order valence-electron chi connectivity index (χ1n) is 8.06. The number of amides is 1. The van der Waals surface area contributed by atoms with Crippen molar-refractivity contribution >= 4 is 11.9 Å². The predicted molar refractivity (Wildman–Crippen MR) is 77.2 cm³/mol. The van der Waals surface area contributed by atoms with E-state index in [1.807, 2.05) is 0 Å². The molecule has 114 valence electrons. The minimum Gasteiger partial charge on any atom is -0.481 e. The molecular weight excluding hydrogens is 254 g/mol. The number of hydrogen-bond donors (Lipinski definition) is 2. The molecule has 2 aliphatic rings. The molecule has 2 N–H and O–H groups in total. The van der Waals surface area contributed by atoms with Gasteiger partial charge in [-0.15, -0.1) is 0 Å². The van der Waals surface area contributed by atoms with Crippen LogP contribution < -0.4 is 5.32 Å². The fourth-order valence-electron chi connectivity index (χ4n) is 3.57. The summed E-state index contributed by atoms with van der Waals surface area (Å²) in [5.74, 6) is 0.367. The number of carbonyl (C=O) groups is 2. The lowest BCUT2D eigenvalue weighted by atomic mass is 9.80. The van der Waals surface area contributed by atoms with E-state index in [0.717, 1.165) is 31.7 Å². The Balaban J connectivity index is 1.73. The highest BCUT2D eigenvalue weighted by Gasteiger charge is 2.31. The molecule has 0 saturated heterocycles. The molecule has 2 rings (SSSR count). The maximum absolute atomic E-state index is 12.2. The molecule has 4 nitrogen and oxygen atoms in total. The molecule has 1 amide bonds. The Bertz CT molecular complexity index is 348. The van der Waals surface area contributed by atoms with E-state index >= 15 is 0 Å². The molecule has 0 heterocycles. The van der Waals surface area contributed by atoms with Crippen LogP contribution in [-0.2, 0) is 9.59 Å². The van der Waals surface area contributed by atoms with Crippen LogP contribution in [0.15, 0.2) is 0 Å². The Morgan fingerprint density at radius 1 is 1.05 bits per heavy atom. The summed E-state index contributed by atoms with van der Waals surface area (Å²) in [4.78, 5) is 23.2. The number of carboxylic acid groups (broad SMARTS) is 1. The lowest BCUT2D eigenvalue weighted by Gasteiger charge is -2.29. The number of carbonyl (C=O) groups excluding carboxylic acids is 1. The minimum absolute atomic E-state index is 0.0783. The third kappa shape index (κ3) is 4.22. The highest BCUT2D eigenvalue weighted by Crippen LogP contribution is 2.30. The Morgan fingerprint density at radius 3 is 2.35 bits per heavy atom. The van der Waals surface area contributed by atoms with Crippen molar-refractivity contribution in [2.24, 2.45) is 23.7 Å². The average molecular weight is 281 g/mol. The van der Waals surface area contributed by atoms with Gasteiger partial charge in [0.1, 0.15) is 0 Å². The van der Waals surface area contributed by atoms with E-state index in [0.29, 0.717) is 12.3 Å². The summed E-state index contributed by atoms with van der Waals surface area (Å²) >= 11 is 0. The van der Waals surface area contributed by atoms with Crippen molar-refractivity contribution in [3.63, 3.8) is 0 Å². The van der Waals surface area contributed by atoms with Crippen molar-refractivity contribution in [3.8, 4) is 0 Å². The highest BCUT2D eigenvalue weighted by molar-refractivity contribution is 5.80. The van der Waals surface area contributed by atoms with Gasteiger partial charge in [-0.25, -0.2) is 0 Å². The second-order valence-electron chi connectivity index (χ2n) is 6.77. The SMILES string of the molecule is CC1CCC(CNC(=O)C2CCCC(C(=O)O)C2)CC1. The van der Waals surface area contributed by atoms with Crippen molar-refractivity contribution in [2.45, 2.75) is 58.3 Å². The first-order chi connectivity index (χ1) is 9.56. The number of aliphatic carboxylic acids is 1. The zero-order chi connectivity index (χ0) is 14.5. The van der Waals surface area contributed by atoms with Gasteiger partial charge in [0.25, 0.3) is 0 Å². The summed E-state index contributed by atoms with van der Waals surface area (Å²) in [6.45, 7) is 3.07. The molecule has 2 saturated carbocycles. The van der Waals surface area contributed by atoms with Crippen LogP contribution in [0, 0.1) is 23.7 Å². The van der Waals surface area contributed by atoms with Gasteiger partial charge in [0, 0.05) is 12.5 Å². The van der Waals surface area contributed by atoms with E-state index in [2.05, 4.69) is 12.2 Å². The lowest BCUT2D eigenvalue weighted by molar-refractivity contribution is -0.144. The van der Waals surface area contributed by atoms with Gasteiger partial charge >= 0.3 is 5.97 Å². The quantitative estimate of drug-likeness (QED) is 0.832. The molecule has 0 aromatic carbocycles. The maximum atomic E-state index is 12.2. The van der Waals surface area contributed by atoms with Crippen molar-refractivity contribution < 1.29 is 14.7 Å². The fourth-order valence-corrected chi connectivity index (χ4v) is 3.57. The Hall–Kier alpha value is -1.06. The van der Waals surface area contributed by atoms with Crippen LogP contribution in [0.4, 0.5) is 0 Å². The van der Waals surface area contributed by atoms with Crippen LogP contribution in [0.3, 0.4) is 0 Å². The third-order valence-corrected chi connectivity index (χ3v) is 5.09. The third-order valence-electron chi connectivity index (χ3n) is 5.09.